The molecule has 30 heavy (non-hydrogen) atoms. The Bertz CT molecular complexity index is 846. The van der Waals surface area contributed by atoms with Crippen molar-refractivity contribution in [1.29, 1.82) is 5.26 Å². The summed E-state index contributed by atoms with van der Waals surface area (Å²) in [5.74, 6) is -0.191. The second kappa shape index (κ2) is 7.70. The molecule has 1 spiro atoms. The van der Waals surface area contributed by atoms with Crippen molar-refractivity contribution in [3.05, 3.63) is 35.9 Å². The summed E-state index contributed by atoms with van der Waals surface area (Å²) in [7, 11) is 0. The summed E-state index contributed by atoms with van der Waals surface area (Å²) in [6.45, 7) is 8.01. The van der Waals surface area contributed by atoms with Crippen LogP contribution >= 0.6 is 0 Å². The van der Waals surface area contributed by atoms with Crippen LogP contribution in [0.3, 0.4) is 0 Å². The number of amides is 2. The van der Waals surface area contributed by atoms with Gasteiger partial charge < -0.3 is 16.0 Å². The van der Waals surface area contributed by atoms with E-state index in [1.807, 2.05) is 18.2 Å². The summed E-state index contributed by atoms with van der Waals surface area (Å²) in [6.07, 6.45) is 3.82. The van der Waals surface area contributed by atoms with Gasteiger partial charge in [-0.05, 0) is 58.9 Å². The second-order valence-corrected chi connectivity index (χ2v) is 10.3. The third kappa shape index (κ3) is 3.96. The highest BCUT2D eigenvalue weighted by Crippen LogP contribution is 2.57. The minimum atomic E-state index is -0.632. The molecule has 3 rings (SSSR count). The number of hydrogen-bond donors (Lipinski definition) is 2. The van der Waals surface area contributed by atoms with E-state index < -0.39 is 11.0 Å². The van der Waals surface area contributed by atoms with Crippen molar-refractivity contribution in [2.75, 3.05) is 13.1 Å². The molecule has 2 amide bonds. The largest absolute Gasteiger partial charge is 0.353 e. The lowest BCUT2D eigenvalue weighted by molar-refractivity contribution is -0.136. The summed E-state index contributed by atoms with van der Waals surface area (Å²) in [6, 6.07) is 12.4. The molecule has 1 saturated carbocycles. The molecule has 1 aliphatic carbocycles. The smallest absolute Gasteiger partial charge is 0.239 e. The lowest BCUT2D eigenvalue weighted by atomic mass is 9.58. The standard InChI is InChI=1S/C24H34N4O2/c1-21(2,16-25)17-27-19(29)15-28-20(30)14-23(22(28,3)4)10-12-24(26,13-11-23)18-8-6-5-7-9-18/h5-9H,10-15,17,26H2,1-4H3,(H,27,29). The first-order valence-electron chi connectivity index (χ1n) is 10.8. The number of carbonyl (C=O) groups is 2. The van der Waals surface area contributed by atoms with Crippen LogP contribution in [0.25, 0.3) is 0 Å². The Morgan fingerprint density at radius 2 is 1.80 bits per heavy atom. The van der Waals surface area contributed by atoms with Crippen LogP contribution in [0, 0.1) is 22.2 Å². The van der Waals surface area contributed by atoms with Gasteiger partial charge in [0.05, 0.1) is 11.5 Å². The molecule has 0 aromatic heterocycles. The van der Waals surface area contributed by atoms with Crippen LogP contribution in [0.15, 0.2) is 30.3 Å². The predicted molar refractivity (Wildman–Crippen MR) is 116 cm³/mol. The minimum absolute atomic E-state index is 0.0268. The zero-order valence-corrected chi connectivity index (χ0v) is 18.6. The maximum atomic E-state index is 12.9. The van der Waals surface area contributed by atoms with Crippen LogP contribution in [-0.2, 0) is 15.1 Å². The van der Waals surface area contributed by atoms with Crippen LogP contribution in [-0.4, -0.2) is 35.3 Å². The monoisotopic (exact) mass is 410 g/mol. The average Bonchev–Trinajstić information content (AvgIpc) is 2.90. The Kier molecular flexibility index (Phi) is 5.72. The molecule has 6 heteroatoms. The van der Waals surface area contributed by atoms with Gasteiger partial charge >= 0.3 is 0 Å². The number of rotatable bonds is 5. The van der Waals surface area contributed by atoms with E-state index >= 15 is 0 Å². The molecule has 3 N–H and O–H groups in total. The fourth-order valence-corrected chi connectivity index (χ4v) is 5.07. The van der Waals surface area contributed by atoms with Gasteiger partial charge in [0.25, 0.3) is 0 Å². The fraction of sp³-hybridized carbons (Fsp3) is 0.625. The molecule has 2 fully saturated rings. The normalized spacial score (nSPS) is 28.4. The molecule has 0 radical (unpaired) electrons. The number of nitriles is 1. The highest BCUT2D eigenvalue weighted by molar-refractivity contribution is 5.87. The van der Waals surface area contributed by atoms with E-state index in [0.717, 1.165) is 31.2 Å². The predicted octanol–water partition coefficient (Wildman–Crippen LogP) is 3.08. The highest BCUT2D eigenvalue weighted by Gasteiger charge is 2.59. The van der Waals surface area contributed by atoms with Crippen LogP contribution in [0.5, 0.6) is 0 Å². The van der Waals surface area contributed by atoms with Gasteiger partial charge in [-0.2, -0.15) is 5.26 Å². The average molecular weight is 411 g/mol. The molecule has 1 aliphatic heterocycles. The first-order chi connectivity index (χ1) is 13.9. The van der Waals surface area contributed by atoms with E-state index in [9.17, 15) is 9.59 Å². The fourth-order valence-electron chi connectivity index (χ4n) is 5.07. The topological polar surface area (TPSA) is 99.2 Å². The number of likely N-dealkylation sites (tertiary alicyclic amines) is 1. The van der Waals surface area contributed by atoms with Crippen molar-refractivity contribution in [2.24, 2.45) is 16.6 Å². The van der Waals surface area contributed by atoms with Gasteiger partial charge in [-0.3, -0.25) is 9.59 Å². The third-order valence-electron chi connectivity index (χ3n) is 7.54. The molecular formula is C24H34N4O2. The molecule has 6 nitrogen and oxygen atoms in total. The van der Waals surface area contributed by atoms with Crippen molar-refractivity contribution in [3.63, 3.8) is 0 Å². The second-order valence-electron chi connectivity index (χ2n) is 10.3. The summed E-state index contributed by atoms with van der Waals surface area (Å²) in [5, 5.41) is 11.9. The quantitative estimate of drug-likeness (QED) is 0.779. The van der Waals surface area contributed by atoms with Gasteiger partial charge in [0, 0.05) is 29.5 Å². The van der Waals surface area contributed by atoms with Crippen molar-refractivity contribution in [2.45, 2.75) is 70.9 Å². The number of carbonyl (C=O) groups excluding carboxylic acids is 2. The maximum absolute atomic E-state index is 12.9. The number of nitrogens with two attached hydrogens (primary N) is 1. The lowest BCUT2D eigenvalue weighted by Crippen LogP contribution is -2.56. The molecule has 0 unspecified atom stereocenters. The lowest BCUT2D eigenvalue weighted by Gasteiger charge is -2.51. The van der Waals surface area contributed by atoms with Gasteiger partial charge in [-0.1, -0.05) is 30.3 Å². The maximum Gasteiger partial charge on any atom is 0.239 e. The van der Waals surface area contributed by atoms with E-state index in [4.69, 9.17) is 11.0 Å². The van der Waals surface area contributed by atoms with Gasteiger partial charge in [-0.15, -0.1) is 0 Å². The van der Waals surface area contributed by atoms with Crippen LogP contribution in [0.4, 0.5) is 0 Å². The molecule has 1 heterocycles. The SMILES string of the molecule is CC(C)(C#N)CNC(=O)CN1C(=O)CC2(CCC(N)(c3ccccc3)CC2)C1(C)C. The van der Waals surface area contributed by atoms with Crippen molar-refractivity contribution < 1.29 is 9.59 Å². The molecule has 1 saturated heterocycles. The summed E-state index contributed by atoms with van der Waals surface area (Å²) in [5.41, 5.74) is 6.33. The van der Waals surface area contributed by atoms with Gasteiger partial charge in [0.1, 0.15) is 6.54 Å². The first kappa shape index (κ1) is 22.3. The zero-order chi connectivity index (χ0) is 22.2. The highest BCUT2D eigenvalue weighted by atomic mass is 16.2. The molecule has 1 aromatic carbocycles. The van der Waals surface area contributed by atoms with Crippen molar-refractivity contribution in [1.82, 2.24) is 10.2 Å². The number of benzene rings is 1. The van der Waals surface area contributed by atoms with Gasteiger partial charge in [-0.25, -0.2) is 0 Å². The van der Waals surface area contributed by atoms with E-state index in [0.29, 0.717) is 6.42 Å². The Morgan fingerprint density at radius 3 is 2.37 bits per heavy atom. The third-order valence-corrected chi connectivity index (χ3v) is 7.54. The molecule has 162 valence electrons. The van der Waals surface area contributed by atoms with Gasteiger partial charge in [0.15, 0.2) is 0 Å². The number of hydrogen-bond acceptors (Lipinski definition) is 4. The van der Waals surface area contributed by atoms with Crippen molar-refractivity contribution in [3.8, 4) is 6.07 Å². The summed E-state index contributed by atoms with van der Waals surface area (Å²) >= 11 is 0. The number of nitrogens with zero attached hydrogens (tertiary/aromatic N) is 2. The van der Waals surface area contributed by atoms with Crippen molar-refractivity contribution >= 4 is 11.8 Å². The van der Waals surface area contributed by atoms with E-state index in [1.165, 1.54) is 0 Å². The molecule has 1 aromatic rings. The summed E-state index contributed by atoms with van der Waals surface area (Å²) in [4.78, 5) is 27.2. The number of nitrogens with one attached hydrogen (secondary N) is 1. The Labute approximate surface area is 179 Å². The van der Waals surface area contributed by atoms with E-state index in [1.54, 1.807) is 18.7 Å². The zero-order valence-electron chi connectivity index (χ0n) is 18.6. The Balaban J connectivity index is 1.70. The molecule has 0 bridgehead atoms. The molecule has 0 atom stereocenters. The van der Waals surface area contributed by atoms with Crippen LogP contribution < -0.4 is 11.1 Å². The minimum Gasteiger partial charge on any atom is -0.353 e. The van der Waals surface area contributed by atoms with E-state index in [-0.39, 0.29) is 35.9 Å². The van der Waals surface area contributed by atoms with Crippen LogP contribution in [0.2, 0.25) is 0 Å². The summed E-state index contributed by atoms with van der Waals surface area (Å²) < 4.78 is 0. The van der Waals surface area contributed by atoms with Gasteiger partial charge in [0.2, 0.25) is 11.8 Å². The molecule has 2 aliphatic rings. The van der Waals surface area contributed by atoms with E-state index in [2.05, 4.69) is 37.4 Å². The molecular weight excluding hydrogens is 376 g/mol. The van der Waals surface area contributed by atoms with Crippen LogP contribution in [0.1, 0.15) is 65.4 Å². The Morgan fingerprint density at radius 1 is 1.20 bits per heavy atom. The Hall–Kier alpha value is -2.39. The first-order valence-corrected chi connectivity index (χ1v) is 10.8.